The Balaban J connectivity index is 0.964. The van der Waals surface area contributed by atoms with Gasteiger partial charge in [-0.2, -0.15) is 0 Å². The molecule has 2 heteroatoms. The first-order valence-electron chi connectivity index (χ1n) is 19.2. The molecule has 1 spiro atoms. The van der Waals surface area contributed by atoms with E-state index in [0.717, 1.165) is 52.3 Å². The largest absolute Gasteiger partial charge is 0.228 e. The highest BCUT2D eigenvalue weighted by atomic mass is 14.9. The van der Waals surface area contributed by atoms with Gasteiger partial charge in [0.05, 0.1) is 16.8 Å². The second-order valence-corrected chi connectivity index (χ2v) is 14.8. The molecule has 1 atom stereocenters. The molecular weight excluding hydrogens is 665 g/mol. The van der Waals surface area contributed by atoms with E-state index in [1.807, 2.05) is 12.1 Å². The molecule has 1 unspecified atom stereocenters. The summed E-state index contributed by atoms with van der Waals surface area (Å²) in [4.78, 5) is 10.1. The quantitative estimate of drug-likeness (QED) is 0.179. The number of benzene rings is 7. The van der Waals surface area contributed by atoms with Crippen molar-refractivity contribution in [1.29, 1.82) is 0 Å². The summed E-state index contributed by atoms with van der Waals surface area (Å²) in [6, 6.07) is 65.7. The van der Waals surface area contributed by atoms with Crippen LogP contribution in [-0.4, -0.2) is 9.97 Å². The average Bonchev–Trinajstić information content (AvgIpc) is 3.75. The van der Waals surface area contributed by atoms with Gasteiger partial charge < -0.3 is 0 Å². The van der Waals surface area contributed by atoms with Crippen LogP contribution in [0.3, 0.4) is 0 Å². The minimum atomic E-state index is -0.293. The Morgan fingerprint density at radius 1 is 0.400 bits per heavy atom. The SMILES string of the molecule is C1=CC2=C(CC1)c1ccccc1C21c2ccccc2-c2c(-c3ccc(-c4ccc(-c5nc(-c6ccccc6)cc(-c6ccccc6)n5)cc4)cc3)cccc21. The van der Waals surface area contributed by atoms with Crippen LogP contribution in [0.2, 0.25) is 0 Å². The zero-order valence-corrected chi connectivity index (χ0v) is 30.3. The number of aromatic nitrogens is 2. The summed E-state index contributed by atoms with van der Waals surface area (Å²) in [5, 5.41) is 0. The summed E-state index contributed by atoms with van der Waals surface area (Å²) < 4.78 is 0. The van der Waals surface area contributed by atoms with E-state index >= 15 is 0 Å². The third-order valence-corrected chi connectivity index (χ3v) is 11.8. The Hall–Kier alpha value is -6.90. The topological polar surface area (TPSA) is 25.8 Å². The van der Waals surface area contributed by atoms with Crippen molar-refractivity contribution < 1.29 is 0 Å². The van der Waals surface area contributed by atoms with Crippen LogP contribution in [0.5, 0.6) is 0 Å². The summed E-state index contributed by atoms with van der Waals surface area (Å²) in [5.74, 6) is 0.717. The van der Waals surface area contributed by atoms with E-state index in [9.17, 15) is 0 Å². The van der Waals surface area contributed by atoms with Crippen LogP contribution in [0.15, 0.2) is 200 Å². The molecule has 11 rings (SSSR count). The zero-order valence-electron chi connectivity index (χ0n) is 30.3. The van der Waals surface area contributed by atoms with E-state index in [0.29, 0.717) is 0 Å². The maximum absolute atomic E-state index is 5.04. The molecule has 258 valence electrons. The second-order valence-electron chi connectivity index (χ2n) is 14.8. The molecule has 3 aliphatic rings. The van der Waals surface area contributed by atoms with Gasteiger partial charge in [-0.1, -0.05) is 188 Å². The van der Waals surface area contributed by atoms with Crippen LogP contribution in [0.4, 0.5) is 0 Å². The number of allylic oxidation sites excluding steroid dienone is 4. The molecule has 0 N–H and O–H groups in total. The number of hydrogen-bond acceptors (Lipinski definition) is 2. The van der Waals surface area contributed by atoms with E-state index in [-0.39, 0.29) is 5.41 Å². The first kappa shape index (κ1) is 31.6. The van der Waals surface area contributed by atoms with Crippen molar-refractivity contribution in [2.24, 2.45) is 0 Å². The smallest absolute Gasteiger partial charge is 0.160 e. The molecule has 7 aromatic carbocycles. The normalized spacial score (nSPS) is 16.1. The Morgan fingerprint density at radius 2 is 0.909 bits per heavy atom. The van der Waals surface area contributed by atoms with E-state index in [1.54, 1.807) is 0 Å². The van der Waals surface area contributed by atoms with Gasteiger partial charge in [-0.25, -0.2) is 9.97 Å². The first-order valence-corrected chi connectivity index (χ1v) is 19.2. The molecule has 0 saturated carbocycles. The fourth-order valence-corrected chi connectivity index (χ4v) is 9.41. The van der Waals surface area contributed by atoms with Crippen LogP contribution in [0.25, 0.3) is 72.9 Å². The fraction of sp³-hybridized carbons (Fsp3) is 0.0566. The highest BCUT2D eigenvalue weighted by Gasteiger charge is 2.52. The lowest BCUT2D eigenvalue weighted by atomic mass is 9.69. The molecule has 0 bridgehead atoms. The van der Waals surface area contributed by atoms with Crippen LogP contribution in [0, 0.1) is 0 Å². The first-order chi connectivity index (χ1) is 27.3. The molecule has 0 amide bonds. The van der Waals surface area contributed by atoms with Crippen molar-refractivity contribution in [2.75, 3.05) is 0 Å². The molecular formula is C53H36N2. The third-order valence-electron chi connectivity index (χ3n) is 11.8. The molecule has 55 heavy (non-hydrogen) atoms. The lowest BCUT2D eigenvalue weighted by molar-refractivity contribution is 0.780. The van der Waals surface area contributed by atoms with Crippen molar-refractivity contribution in [3.8, 4) is 67.3 Å². The number of fused-ring (bicyclic) bond motifs is 9. The van der Waals surface area contributed by atoms with Crippen molar-refractivity contribution in [2.45, 2.75) is 18.3 Å². The number of hydrogen-bond donors (Lipinski definition) is 0. The van der Waals surface area contributed by atoms with Crippen molar-refractivity contribution in [3.05, 3.63) is 222 Å². The van der Waals surface area contributed by atoms with E-state index in [4.69, 9.17) is 9.97 Å². The van der Waals surface area contributed by atoms with Gasteiger partial charge in [0.2, 0.25) is 0 Å². The lowest BCUT2D eigenvalue weighted by Crippen LogP contribution is -2.27. The molecule has 3 aliphatic carbocycles. The molecule has 2 nitrogen and oxygen atoms in total. The van der Waals surface area contributed by atoms with Crippen molar-refractivity contribution in [1.82, 2.24) is 9.97 Å². The Labute approximate surface area is 321 Å². The van der Waals surface area contributed by atoms with Crippen LogP contribution < -0.4 is 0 Å². The highest BCUT2D eigenvalue weighted by Crippen LogP contribution is 2.64. The van der Waals surface area contributed by atoms with E-state index < -0.39 is 0 Å². The van der Waals surface area contributed by atoms with Crippen LogP contribution >= 0.6 is 0 Å². The summed E-state index contributed by atoms with van der Waals surface area (Å²) in [6.45, 7) is 0. The van der Waals surface area contributed by atoms with Gasteiger partial charge in [-0.15, -0.1) is 0 Å². The Bertz CT molecular complexity index is 2770. The molecule has 1 heterocycles. The predicted molar refractivity (Wildman–Crippen MR) is 226 cm³/mol. The molecule has 0 fully saturated rings. The van der Waals surface area contributed by atoms with Gasteiger partial charge in [0, 0.05) is 16.7 Å². The van der Waals surface area contributed by atoms with Crippen LogP contribution in [0.1, 0.15) is 35.1 Å². The standard InChI is InChI=1S/C53H36N2/c1-3-14-38(15-4-1)49-34-50(39-16-5-2-6-17-39)55-52(54-49)40-32-28-36(29-33-40)35-26-30-37(31-27-35)41-21-13-25-48-51(41)44-20-9-12-24-47(44)53(48)45-22-10-7-18-42(45)43-19-8-11-23-46(43)53/h1-7,9-18,20-34H,8,19H2. The summed E-state index contributed by atoms with van der Waals surface area (Å²) in [6.07, 6.45) is 6.98. The van der Waals surface area contributed by atoms with Gasteiger partial charge in [0.1, 0.15) is 0 Å². The molecule has 1 aromatic heterocycles. The maximum atomic E-state index is 5.04. The third kappa shape index (κ3) is 4.88. The Kier molecular flexibility index (Phi) is 7.25. The monoisotopic (exact) mass is 700 g/mol. The van der Waals surface area contributed by atoms with Gasteiger partial charge in [-0.3, -0.25) is 0 Å². The number of nitrogens with zero attached hydrogens (tertiary/aromatic N) is 2. The zero-order chi connectivity index (χ0) is 36.3. The molecule has 0 radical (unpaired) electrons. The predicted octanol–water partition coefficient (Wildman–Crippen LogP) is 13.2. The molecule has 8 aromatic rings. The Morgan fingerprint density at radius 3 is 1.56 bits per heavy atom. The fourth-order valence-electron chi connectivity index (χ4n) is 9.41. The van der Waals surface area contributed by atoms with E-state index in [2.05, 4.69) is 182 Å². The summed E-state index contributed by atoms with van der Waals surface area (Å²) in [7, 11) is 0. The average molecular weight is 701 g/mol. The van der Waals surface area contributed by atoms with Gasteiger partial charge >= 0.3 is 0 Å². The molecule has 0 saturated heterocycles. The highest BCUT2D eigenvalue weighted by molar-refractivity contribution is 6.00. The maximum Gasteiger partial charge on any atom is 0.160 e. The van der Waals surface area contributed by atoms with Gasteiger partial charge in [0.25, 0.3) is 0 Å². The lowest BCUT2D eigenvalue weighted by Gasteiger charge is -2.32. The van der Waals surface area contributed by atoms with Crippen LogP contribution in [-0.2, 0) is 5.41 Å². The van der Waals surface area contributed by atoms with Crippen molar-refractivity contribution >= 4 is 5.57 Å². The summed E-state index contributed by atoms with van der Waals surface area (Å²) in [5.41, 5.74) is 20.8. The van der Waals surface area contributed by atoms with Gasteiger partial charge in [0.15, 0.2) is 5.82 Å². The minimum Gasteiger partial charge on any atom is -0.228 e. The van der Waals surface area contributed by atoms with Crippen molar-refractivity contribution in [3.63, 3.8) is 0 Å². The van der Waals surface area contributed by atoms with Gasteiger partial charge in [-0.05, 0) is 85.7 Å². The second kappa shape index (κ2) is 12.6. The minimum absolute atomic E-state index is 0.293. The number of rotatable bonds is 5. The van der Waals surface area contributed by atoms with E-state index in [1.165, 1.54) is 61.2 Å². The molecule has 0 aliphatic heterocycles. The summed E-state index contributed by atoms with van der Waals surface area (Å²) >= 11 is 0.